The molecule has 0 aliphatic rings. The standard InChI is InChI=1S/C8H7ClN4S2/c1-4-5(10)6(13-7(9)12-4)15-8-11-2-3-14-8/h2-3H,10H2,1H3. The lowest BCUT2D eigenvalue weighted by Gasteiger charge is -2.04. The van der Waals surface area contributed by atoms with Gasteiger partial charge in [-0.15, -0.1) is 11.3 Å². The van der Waals surface area contributed by atoms with Crippen molar-refractivity contribution >= 4 is 40.4 Å². The molecule has 0 spiro atoms. The van der Waals surface area contributed by atoms with Crippen LogP contribution in [0, 0.1) is 6.92 Å². The Morgan fingerprint density at radius 1 is 1.47 bits per heavy atom. The summed E-state index contributed by atoms with van der Waals surface area (Å²) in [6, 6.07) is 0. The number of hydrogen-bond donors (Lipinski definition) is 1. The minimum Gasteiger partial charge on any atom is -0.395 e. The summed E-state index contributed by atoms with van der Waals surface area (Å²) in [6.45, 7) is 1.80. The van der Waals surface area contributed by atoms with Gasteiger partial charge in [-0.3, -0.25) is 0 Å². The summed E-state index contributed by atoms with van der Waals surface area (Å²) < 4.78 is 0.885. The van der Waals surface area contributed by atoms with Gasteiger partial charge in [-0.05, 0) is 30.3 Å². The Bertz CT molecular complexity index is 472. The van der Waals surface area contributed by atoms with Crippen molar-refractivity contribution < 1.29 is 0 Å². The smallest absolute Gasteiger partial charge is 0.223 e. The van der Waals surface area contributed by atoms with Crippen LogP contribution in [0.2, 0.25) is 5.28 Å². The van der Waals surface area contributed by atoms with E-state index in [1.54, 1.807) is 13.1 Å². The molecular weight excluding hydrogens is 252 g/mol. The van der Waals surface area contributed by atoms with Crippen LogP contribution in [0.1, 0.15) is 5.69 Å². The molecule has 0 saturated carbocycles. The maximum absolute atomic E-state index is 5.84. The number of thiazole rings is 1. The topological polar surface area (TPSA) is 64.7 Å². The molecule has 0 aliphatic carbocycles. The van der Waals surface area contributed by atoms with Crippen LogP contribution in [0.15, 0.2) is 20.9 Å². The Labute approximate surface area is 99.9 Å². The van der Waals surface area contributed by atoms with Crippen LogP contribution in [0.3, 0.4) is 0 Å². The summed E-state index contributed by atoms with van der Waals surface area (Å²) in [5, 5.41) is 2.76. The first-order chi connectivity index (χ1) is 7.16. The molecule has 2 N–H and O–H groups in total. The number of aryl methyl sites for hydroxylation is 1. The highest BCUT2D eigenvalue weighted by molar-refractivity contribution is 8.01. The third kappa shape index (κ3) is 2.39. The number of nitrogens with two attached hydrogens (primary N) is 1. The lowest BCUT2D eigenvalue weighted by atomic mass is 10.4. The van der Waals surface area contributed by atoms with E-state index in [1.807, 2.05) is 5.38 Å². The Balaban J connectivity index is 2.36. The molecule has 0 unspecified atom stereocenters. The molecule has 0 fully saturated rings. The fourth-order valence-electron chi connectivity index (χ4n) is 0.944. The molecule has 0 saturated heterocycles. The summed E-state index contributed by atoms with van der Waals surface area (Å²) in [6.07, 6.45) is 1.73. The van der Waals surface area contributed by atoms with Gasteiger partial charge in [0.25, 0.3) is 0 Å². The number of halogens is 1. The molecule has 0 aromatic carbocycles. The molecule has 4 nitrogen and oxygen atoms in total. The summed E-state index contributed by atoms with van der Waals surface area (Å²) in [5.74, 6) is 0. The Kier molecular flexibility index (Phi) is 3.08. The Morgan fingerprint density at radius 3 is 2.93 bits per heavy atom. The number of nitrogens with zero attached hydrogens (tertiary/aromatic N) is 3. The van der Waals surface area contributed by atoms with Crippen LogP contribution in [0.25, 0.3) is 0 Å². The van der Waals surface area contributed by atoms with E-state index in [-0.39, 0.29) is 5.28 Å². The van der Waals surface area contributed by atoms with Gasteiger partial charge >= 0.3 is 0 Å². The van der Waals surface area contributed by atoms with E-state index in [4.69, 9.17) is 17.3 Å². The second-order valence-corrected chi connectivity index (χ2v) is 5.17. The van der Waals surface area contributed by atoms with Gasteiger partial charge in [0.1, 0.15) is 5.03 Å². The number of rotatable bonds is 2. The predicted octanol–water partition coefficient (Wildman–Crippen LogP) is 2.63. The molecule has 2 aromatic rings. The average molecular weight is 259 g/mol. The Hall–Kier alpha value is -0.850. The van der Waals surface area contributed by atoms with Gasteiger partial charge in [-0.1, -0.05) is 0 Å². The second kappa shape index (κ2) is 4.34. The third-order valence-corrected chi connectivity index (χ3v) is 3.72. The average Bonchev–Trinajstić information content (AvgIpc) is 2.66. The van der Waals surface area contributed by atoms with Gasteiger partial charge in [-0.25, -0.2) is 15.0 Å². The number of aromatic nitrogens is 3. The quantitative estimate of drug-likeness (QED) is 0.663. The molecule has 0 bridgehead atoms. The fraction of sp³-hybridized carbons (Fsp3) is 0.125. The maximum Gasteiger partial charge on any atom is 0.223 e. The van der Waals surface area contributed by atoms with Gasteiger partial charge in [0.2, 0.25) is 5.28 Å². The first-order valence-electron chi connectivity index (χ1n) is 4.04. The second-order valence-electron chi connectivity index (χ2n) is 2.70. The van der Waals surface area contributed by atoms with E-state index in [0.717, 1.165) is 4.34 Å². The molecular formula is C8H7ClN4S2. The normalized spacial score (nSPS) is 10.5. The number of anilines is 1. The minimum absolute atomic E-state index is 0.209. The van der Waals surface area contributed by atoms with Crippen LogP contribution in [-0.4, -0.2) is 15.0 Å². The van der Waals surface area contributed by atoms with Gasteiger partial charge in [-0.2, -0.15) is 0 Å². The molecule has 2 heterocycles. The van der Waals surface area contributed by atoms with Crippen molar-refractivity contribution in [3.05, 3.63) is 22.6 Å². The lowest BCUT2D eigenvalue weighted by molar-refractivity contribution is 1.02. The largest absolute Gasteiger partial charge is 0.395 e. The van der Waals surface area contributed by atoms with Gasteiger partial charge in [0, 0.05) is 11.6 Å². The molecule has 7 heteroatoms. The molecule has 78 valence electrons. The van der Waals surface area contributed by atoms with E-state index in [0.29, 0.717) is 16.4 Å². The summed E-state index contributed by atoms with van der Waals surface area (Å²) in [7, 11) is 0. The summed E-state index contributed by atoms with van der Waals surface area (Å²) >= 11 is 8.68. The van der Waals surface area contributed by atoms with Crippen molar-refractivity contribution in [2.24, 2.45) is 0 Å². The third-order valence-electron chi connectivity index (χ3n) is 1.67. The number of hydrogen-bond acceptors (Lipinski definition) is 6. The molecule has 15 heavy (non-hydrogen) atoms. The molecule has 2 aromatic heterocycles. The van der Waals surface area contributed by atoms with Crippen molar-refractivity contribution in [3.8, 4) is 0 Å². The highest BCUT2D eigenvalue weighted by Crippen LogP contribution is 2.33. The van der Waals surface area contributed by atoms with Gasteiger partial charge in [0.05, 0.1) is 11.4 Å². The molecule has 0 amide bonds. The van der Waals surface area contributed by atoms with Crippen molar-refractivity contribution in [1.82, 2.24) is 15.0 Å². The van der Waals surface area contributed by atoms with Crippen LogP contribution in [-0.2, 0) is 0 Å². The molecule has 0 radical (unpaired) electrons. The molecule has 0 atom stereocenters. The first kappa shape index (κ1) is 10.7. The van der Waals surface area contributed by atoms with E-state index in [2.05, 4.69) is 15.0 Å². The minimum atomic E-state index is 0.209. The van der Waals surface area contributed by atoms with Gasteiger partial charge < -0.3 is 5.73 Å². The van der Waals surface area contributed by atoms with E-state index >= 15 is 0 Å². The van der Waals surface area contributed by atoms with Gasteiger partial charge in [0.15, 0.2) is 4.34 Å². The maximum atomic E-state index is 5.84. The van der Waals surface area contributed by atoms with Crippen molar-refractivity contribution in [2.45, 2.75) is 16.3 Å². The van der Waals surface area contributed by atoms with E-state index < -0.39 is 0 Å². The highest BCUT2D eigenvalue weighted by atomic mass is 35.5. The zero-order chi connectivity index (χ0) is 10.8. The zero-order valence-corrected chi connectivity index (χ0v) is 10.2. The first-order valence-corrected chi connectivity index (χ1v) is 6.11. The Morgan fingerprint density at radius 2 is 2.27 bits per heavy atom. The van der Waals surface area contributed by atoms with Crippen LogP contribution >= 0.6 is 34.7 Å². The van der Waals surface area contributed by atoms with E-state index in [9.17, 15) is 0 Å². The lowest BCUT2D eigenvalue weighted by Crippen LogP contribution is -1.99. The van der Waals surface area contributed by atoms with Crippen LogP contribution in [0.5, 0.6) is 0 Å². The van der Waals surface area contributed by atoms with Crippen LogP contribution in [0.4, 0.5) is 5.69 Å². The zero-order valence-electron chi connectivity index (χ0n) is 7.77. The van der Waals surface area contributed by atoms with Crippen molar-refractivity contribution in [1.29, 1.82) is 0 Å². The summed E-state index contributed by atoms with van der Waals surface area (Å²) in [4.78, 5) is 12.2. The monoisotopic (exact) mass is 258 g/mol. The van der Waals surface area contributed by atoms with E-state index in [1.165, 1.54) is 23.1 Å². The highest BCUT2D eigenvalue weighted by Gasteiger charge is 2.10. The van der Waals surface area contributed by atoms with Crippen LogP contribution < -0.4 is 5.73 Å². The summed E-state index contributed by atoms with van der Waals surface area (Å²) in [5.41, 5.74) is 7.08. The van der Waals surface area contributed by atoms with Crippen molar-refractivity contribution in [3.63, 3.8) is 0 Å². The number of nitrogen functional groups attached to an aromatic ring is 1. The molecule has 0 aliphatic heterocycles. The fourth-order valence-corrected chi connectivity index (χ4v) is 2.83. The van der Waals surface area contributed by atoms with Crippen molar-refractivity contribution in [2.75, 3.05) is 5.73 Å². The predicted molar refractivity (Wildman–Crippen MR) is 62.4 cm³/mol. The SMILES string of the molecule is Cc1nc(Cl)nc(Sc2nccs2)c1N. The molecule has 2 rings (SSSR count).